The van der Waals surface area contributed by atoms with Crippen LogP contribution in [0.15, 0.2) is 24.5 Å². The van der Waals surface area contributed by atoms with Crippen LogP contribution in [0.1, 0.15) is 11.6 Å². The zero-order valence-corrected chi connectivity index (χ0v) is 8.09. The van der Waals surface area contributed by atoms with Crippen LogP contribution in [0.4, 0.5) is 0 Å². The fourth-order valence-electron chi connectivity index (χ4n) is 1.36. The lowest BCUT2D eigenvalue weighted by Crippen LogP contribution is -2.34. The summed E-state index contributed by atoms with van der Waals surface area (Å²) < 4.78 is 5.35. The molecule has 1 aliphatic rings. The van der Waals surface area contributed by atoms with Gasteiger partial charge in [-0.05, 0) is 11.6 Å². The third-order valence-electron chi connectivity index (χ3n) is 2.01. The Morgan fingerprint density at radius 1 is 1.54 bits per heavy atom. The number of rotatable bonds is 1. The molecule has 2 heterocycles. The van der Waals surface area contributed by atoms with Gasteiger partial charge in [-0.15, -0.1) is 12.4 Å². The second-order valence-corrected chi connectivity index (χ2v) is 2.87. The van der Waals surface area contributed by atoms with Crippen molar-refractivity contribution in [3.8, 4) is 0 Å². The quantitative estimate of drug-likeness (QED) is 0.739. The molecule has 1 saturated heterocycles. The molecule has 4 heteroatoms. The molecule has 1 aromatic heterocycles. The summed E-state index contributed by atoms with van der Waals surface area (Å²) in [7, 11) is 0. The standard InChI is InChI=1S/C9H12N2O.ClH/c1-2-8(6-10-3-1)9-7-12-5-4-11-9;/h1-3,6,9,11H,4-5,7H2;1H/t9-;/m0./s1. The number of aromatic nitrogens is 1. The molecule has 1 atom stereocenters. The summed E-state index contributed by atoms with van der Waals surface area (Å²) in [5.41, 5.74) is 1.21. The molecule has 1 aromatic rings. The maximum absolute atomic E-state index is 5.35. The van der Waals surface area contributed by atoms with Crippen LogP contribution in [0.3, 0.4) is 0 Å². The highest BCUT2D eigenvalue weighted by Crippen LogP contribution is 2.13. The predicted octanol–water partition coefficient (Wildman–Crippen LogP) is 1.16. The third kappa shape index (κ3) is 2.66. The Morgan fingerprint density at radius 3 is 3.08 bits per heavy atom. The van der Waals surface area contributed by atoms with Crippen LogP contribution in [0, 0.1) is 0 Å². The Balaban J connectivity index is 0.000000845. The van der Waals surface area contributed by atoms with Gasteiger partial charge in [0.1, 0.15) is 0 Å². The normalized spacial score (nSPS) is 22.0. The number of halogens is 1. The van der Waals surface area contributed by atoms with Gasteiger partial charge in [-0.1, -0.05) is 6.07 Å². The first-order valence-electron chi connectivity index (χ1n) is 4.18. The fourth-order valence-corrected chi connectivity index (χ4v) is 1.36. The summed E-state index contributed by atoms with van der Waals surface area (Å²) in [4.78, 5) is 4.06. The van der Waals surface area contributed by atoms with Gasteiger partial charge >= 0.3 is 0 Å². The van der Waals surface area contributed by atoms with E-state index in [1.54, 1.807) is 6.20 Å². The Labute approximate surface area is 83.9 Å². The van der Waals surface area contributed by atoms with Gasteiger partial charge in [0.05, 0.1) is 19.3 Å². The number of pyridine rings is 1. The van der Waals surface area contributed by atoms with E-state index >= 15 is 0 Å². The summed E-state index contributed by atoms with van der Waals surface area (Å²) >= 11 is 0. The average Bonchev–Trinajstić information content (AvgIpc) is 2.21. The maximum atomic E-state index is 5.35. The van der Waals surface area contributed by atoms with Crippen LogP contribution < -0.4 is 5.32 Å². The Bertz CT molecular complexity index is 237. The Kier molecular flexibility index (Phi) is 4.15. The molecule has 1 aliphatic heterocycles. The van der Waals surface area contributed by atoms with Crippen LogP contribution >= 0.6 is 12.4 Å². The molecule has 0 spiro atoms. The molecule has 3 nitrogen and oxygen atoms in total. The van der Waals surface area contributed by atoms with Gasteiger partial charge in [-0.2, -0.15) is 0 Å². The van der Waals surface area contributed by atoms with Gasteiger partial charge in [-0.3, -0.25) is 4.98 Å². The number of morpholine rings is 1. The number of hydrogen-bond donors (Lipinski definition) is 1. The van der Waals surface area contributed by atoms with E-state index in [1.165, 1.54) is 5.56 Å². The largest absolute Gasteiger partial charge is 0.378 e. The van der Waals surface area contributed by atoms with E-state index in [9.17, 15) is 0 Å². The van der Waals surface area contributed by atoms with Gasteiger partial charge < -0.3 is 10.1 Å². The molecule has 2 rings (SSSR count). The van der Waals surface area contributed by atoms with Crippen molar-refractivity contribution >= 4 is 12.4 Å². The van der Waals surface area contributed by atoms with Crippen molar-refractivity contribution in [1.29, 1.82) is 0 Å². The molecular weight excluding hydrogens is 188 g/mol. The predicted molar refractivity (Wildman–Crippen MR) is 53.0 cm³/mol. The first-order valence-corrected chi connectivity index (χ1v) is 4.18. The second-order valence-electron chi connectivity index (χ2n) is 2.87. The van der Waals surface area contributed by atoms with Crippen molar-refractivity contribution in [1.82, 2.24) is 10.3 Å². The van der Waals surface area contributed by atoms with Gasteiger partial charge in [0, 0.05) is 18.9 Å². The van der Waals surface area contributed by atoms with Crippen LogP contribution in [0.25, 0.3) is 0 Å². The van der Waals surface area contributed by atoms with Crippen molar-refractivity contribution in [2.24, 2.45) is 0 Å². The van der Waals surface area contributed by atoms with Crippen LogP contribution in [0.5, 0.6) is 0 Å². The zero-order chi connectivity index (χ0) is 8.23. The number of nitrogens with zero attached hydrogens (tertiary/aromatic N) is 1. The first-order chi connectivity index (χ1) is 5.97. The van der Waals surface area contributed by atoms with Crippen molar-refractivity contribution < 1.29 is 4.74 Å². The van der Waals surface area contributed by atoms with Crippen molar-refractivity contribution in [3.63, 3.8) is 0 Å². The molecular formula is C9H13ClN2O. The third-order valence-corrected chi connectivity index (χ3v) is 2.01. The summed E-state index contributed by atoms with van der Waals surface area (Å²) in [5.74, 6) is 0. The van der Waals surface area contributed by atoms with E-state index in [4.69, 9.17) is 4.74 Å². The molecule has 0 radical (unpaired) electrons. The molecule has 0 bridgehead atoms. The summed E-state index contributed by atoms with van der Waals surface area (Å²) in [6.45, 7) is 2.50. The lowest BCUT2D eigenvalue weighted by Gasteiger charge is -2.23. The number of hydrogen-bond acceptors (Lipinski definition) is 3. The van der Waals surface area contributed by atoms with Crippen molar-refractivity contribution in [2.45, 2.75) is 6.04 Å². The van der Waals surface area contributed by atoms with Crippen molar-refractivity contribution in [3.05, 3.63) is 30.1 Å². The molecule has 1 fully saturated rings. The lowest BCUT2D eigenvalue weighted by molar-refractivity contribution is 0.0768. The summed E-state index contributed by atoms with van der Waals surface area (Å²) in [6, 6.07) is 4.35. The average molecular weight is 201 g/mol. The molecule has 0 aromatic carbocycles. The van der Waals surface area contributed by atoms with E-state index in [0.29, 0.717) is 6.04 Å². The summed E-state index contributed by atoms with van der Waals surface area (Å²) in [5, 5.41) is 3.37. The highest BCUT2D eigenvalue weighted by molar-refractivity contribution is 5.85. The van der Waals surface area contributed by atoms with E-state index in [2.05, 4.69) is 16.4 Å². The van der Waals surface area contributed by atoms with Gasteiger partial charge in [-0.25, -0.2) is 0 Å². The Morgan fingerprint density at radius 2 is 2.46 bits per heavy atom. The van der Waals surface area contributed by atoms with E-state index in [0.717, 1.165) is 19.8 Å². The molecule has 72 valence electrons. The van der Waals surface area contributed by atoms with E-state index in [-0.39, 0.29) is 12.4 Å². The maximum Gasteiger partial charge on any atom is 0.0662 e. The van der Waals surface area contributed by atoms with E-state index in [1.807, 2.05) is 12.3 Å². The van der Waals surface area contributed by atoms with E-state index < -0.39 is 0 Å². The van der Waals surface area contributed by atoms with Crippen LogP contribution in [-0.2, 0) is 4.74 Å². The monoisotopic (exact) mass is 200 g/mol. The molecule has 13 heavy (non-hydrogen) atoms. The molecule has 1 N–H and O–H groups in total. The fraction of sp³-hybridized carbons (Fsp3) is 0.444. The minimum absolute atomic E-state index is 0. The zero-order valence-electron chi connectivity index (χ0n) is 7.27. The minimum atomic E-state index is 0. The summed E-state index contributed by atoms with van der Waals surface area (Å²) in [6.07, 6.45) is 3.67. The number of ether oxygens (including phenoxy) is 1. The lowest BCUT2D eigenvalue weighted by atomic mass is 10.1. The van der Waals surface area contributed by atoms with Crippen molar-refractivity contribution in [2.75, 3.05) is 19.8 Å². The molecule has 0 saturated carbocycles. The van der Waals surface area contributed by atoms with Crippen LogP contribution in [-0.4, -0.2) is 24.7 Å². The van der Waals surface area contributed by atoms with Crippen LogP contribution in [0.2, 0.25) is 0 Å². The molecule has 0 amide bonds. The highest BCUT2D eigenvalue weighted by Gasteiger charge is 2.14. The van der Waals surface area contributed by atoms with Gasteiger partial charge in [0.2, 0.25) is 0 Å². The SMILES string of the molecule is Cl.c1cncc([C@@H]2COCCN2)c1. The smallest absolute Gasteiger partial charge is 0.0662 e. The molecule has 0 aliphatic carbocycles. The van der Waals surface area contributed by atoms with Gasteiger partial charge in [0.25, 0.3) is 0 Å². The van der Waals surface area contributed by atoms with Gasteiger partial charge in [0.15, 0.2) is 0 Å². The second kappa shape index (κ2) is 5.17. The first kappa shape index (κ1) is 10.4. The highest BCUT2D eigenvalue weighted by atomic mass is 35.5. The Hall–Kier alpha value is -0.640. The topological polar surface area (TPSA) is 34.1 Å². The number of nitrogens with one attached hydrogen (secondary N) is 1. The minimum Gasteiger partial charge on any atom is -0.378 e. The molecule has 0 unspecified atom stereocenters.